The van der Waals surface area contributed by atoms with Crippen LogP contribution in [0, 0.1) is 17.8 Å². The van der Waals surface area contributed by atoms with Crippen LogP contribution >= 0.6 is 0 Å². The topological polar surface area (TPSA) is 95.1 Å². The number of anilines is 1. The van der Waals surface area contributed by atoms with Crippen molar-refractivity contribution in [1.29, 1.82) is 0 Å². The number of nitrogen functional groups attached to an aromatic ring is 1. The molecule has 1 radical (unpaired) electrons. The van der Waals surface area contributed by atoms with Gasteiger partial charge in [0.1, 0.15) is 18.0 Å². The molecule has 1 amide bonds. The van der Waals surface area contributed by atoms with E-state index in [-0.39, 0.29) is 6.09 Å². The van der Waals surface area contributed by atoms with Crippen molar-refractivity contribution in [3.05, 3.63) is 24.8 Å². The highest BCUT2D eigenvalue weighted by molar-refractivity contribution is 5.84. The Morgan fingerprint density at radius 1 is 1.07 bits per heavy atom. The van der Waals surface area contributed by atoms with Gasteiger partial charge in [-0.1, -0.05) is 0 Å². The van der Waals surface area contributed by atoms with E-state index in [4.69, 9.17) is 25.0 Å². The van der Waals surface area contributed by atoms with Crippen LogP contribution in [0.3, 0.4) is 0 Å². The van der Waals surface area contributed by atoms with Crippen LogP contribution in [0.25, 0.3) is 10.9 Å². The maximum absolute atomic E-state index is 12.4. The van der Waals surface area contributed by atoms with Crippen LogP contribution in [0.5, 0.6) is 5.75 Å². The lowest BCUT2D eigenvalue weighted by atomic mass is 9.65. The van der Waals surface area contributed by atoms with Crippen molar-refractivity contribution in [2.75, 3.05) is 58.8 Å². The van der Waals surface area contributed by atoms with Crippen molar-refractivity contribution in [2.45, 2.75) is 77.4 Å². The minimum Gasteiger partial charge on any atom is -0.489 e. The van der Waals surface area contributed by atoms with Crippen molar-refractivity contribution >= 4 is 22.7 Å². The monoisotopic (exact) mass is 554 g/mol. The lowest BCUT2D eigenvalue weighted by molar-refractivity contribution is 0.0133. The molecule has 221 valence electrons. The van der Waals surface area contributed by atoms with Gasteiger partial charge in [0.15, 0.2) is 0 Å². The Labute approximate surface area is 239 Å². The van der Waals surface area contributed by atoms with Crippen molar-refractivity contribution < 1.29 is 19.0 Å². The zero-order chi connectivity index (χ0) is 28.3. The molecule has 2 saturated heterocycles. The molecule has 1 spiro atoms. The van der Waals surface area contributed by atoms with E-state index in [9.17, 15) is 4.79 Å². The molecular formula is C31H48N5O4. The van der Waals surface area contributed by atoms with Crippen LogP contribution in [0.4, 0.5) is 10.5 Å². The van der Waals surface area contributed by atoms with Gasteiger partial charge in [-0.3, -0.25) is 4.68 Å². The van der Waals surface area contributed by atoms with Crippen molar-refractivity contribution in [3.8, 4) is 5.75 Å². The first-order valence-corrected chi connectivity index (χ1v) is 15.1. The number of aromatic nitrogens is 2. The smallest absolute Gasteiger partial charge is 0.410 e. The van der Waals surface area contributed by atoms with Gasteiger partial charge in [-0.15, -0.1) is 0 Å². The first kappa shape index (κ1) is 29.0. The number of nitrogens with zero attached hydrogens (tertiary/aromatic N) is 4. The van der Waals surface area contributed by atoms with E-state index in [1.54, 1.807) is 7.11 Å². The van der Waals surface area contributed by atoms with Gasteiger partial charge in [-0.2, -0.15) is 5.10 Å². The molecule has 1 aromatic carbocycles. The molecule has 2 aliphatic heterocycles. The van der Waals surface area contributed by atoms with Gasteiger partial charge in [0.05, 0.1) is 23.9 Å². The molecule has 2 aromatic rings. The minimum absolute atomic E-state index is 0.181. The third-order valence-corrected chi connectivity index (χ3v) is 9.02. The lowest BCUT2D eigenvalue weighted by Gasteiger charge is -2.46. The van der Waals surface area contributed by atoms with E-state index in [1.165, 1.54) is 32.2 Å². The number of hydrogen-bond donors (Lipinski definition) is 1. The van der Waals surface area contributed by atoms with E-state index < -0.39 is 5.60 Å². The van der Waals surface area contributed by atoms with Gasteiger partial charge in [-0.25, -0.2) is 4.79 Å². The number of methoxy groups -OCH3 is 1. The highest BCUT2D eigenvalue weighted by Gasteiger charge is 2.40. The Kier molecular flexibility index (Phi) is 8.80. The second-order valence-electron chi connectivity index (χ2n) is 13.1. The van der Waals surface area contributed by atoms with Gasteiger partial charge in [0, 0.05) is 57.5 Å². The second kappa shape index (κ2) is 12.1. The SMILES string of the molecule is COCCOc1cc2nn(C3CCN(CC4CCC5([CH]CN(C(=O)OC(C)(C)C)CC5)CC4)CC3)cc2cc1N. The van der Waals surface area contributed by atoms with Crippen LogP contribution in [0.2, 0.25) is 0 Å². The molecule has 3 fully saturated rings. The Hall–Kier alpha value is -2.52. The number of benzene rings is 1. The predicted molar refractivity (Wildman–Crippen MR) is 157 cm³/mol. The molecule has 0 bridgehead atoms. The number of carbonyl (C=O) groups is 1. The second-order valence-corrected chi connectivity index (χ2v) is 13.1. The summed E-state index contributed by atoms with van der Waals surface area (Å²) in [5, 5.41) is 5.94. The summed E-state index contributed by atoms with van der Waals surface area (Å²) in [5.41, 5.74) is 7.64. The number of amides is 1. The van der Waals surface area contributed by atoms with Crippen LogP contribution < -0.4 is 10.5 Å². The summed E-state index contributed by atoms with van der Waals surface area (Å²) in [5.74, 6) is 1.44. The highest BCUT2D eigenvalue weighted by Crippen LogP contribution is 2.46. The molecule has 40 heavy (non-hydrogen) atoms. The standard InChI is InChI=1S/C31H48N5O4/c1-30(2,3)40-29(37)35-15-11-31(12-16-35)9-5-23(6-10-31)21-34-13-7-25(8-14-34)36-22-24-19-26(32)28(20-27(24)33-36)39-18-17-38-4/h11,19-20,22-23,25H,5-10,12-18,21,32H2,1-4H3. The van der Waals surface area contributed by atoms with E-state index in [0.717, 1.165) is 55.7 Å². The largest absolute Gasteiger partial charge is 0.489 e. The van der Waals surface area contributed by atoms with Gasteiger partial charge in [-0.05, 0) is 89.5 Å². The first-order valence-electron chi connectivity index (χ1n) is 15.1. The van der Waals surface area contributed by atoms with E-state index in [2.05, 4.69) is 22.2 Å². The van der Waals surface area contributed by atoms with Crippen LogP contribution in [-0.4, -0.2) is 84.3 Å². The van der Waals surface area contributed by atoms with Gasteiger partial charge in [0.2, 0.25) is 0 Å². The van der Waals surface area contributed by atoms with Gasteiger partial charge < -0.3 is 29.7 Å². The number of piperidine rings is 2. The van der Waals surface area contributed by atoms with E-state index >= 15 is 0 Å². The summed E-state index contributed by atoms with van der Waals surface area (Å²) in [7, 11) is 1.66. The number of fused-ring (bicyclic) bond motifs is 1. The van der Waals surface area contributed by atoms with E-state index in [0.29, 0.717) is 42.7 Å². The van der Waals surface area contributed by atoms with Crippen molar-refractivity contribution in [2.24, 2.45) is 11.3 Å². The predicted octanol–water partition coefficient (Wildman–Crippen LogP) is 5.30. The zero-order valence-corrected chi connectivity index (χ0v) is 24.9. The maximum Gasteiger partial charge on any atom is 0.410 e. The van der Waals surface area contributed by atoms with E-state index in [1.807, 2.05) is 37.8 Å². The minimum atomic E-state index is -0.441. The molecule has 1 saturated carbocycles. The average molecular weight is 555 g/mol. The average Bonchev–Trinajstić information content (AvgIpc) is 3.33. The third-order valence-electron chi connectivity index (χ3n) is 9.02. The van der Waals surface area contributed by atoms with Crippen LogP contribution in [0.1, 0.15) is 71.8 Å². The number of rotatable bonds is 7. The Morgan fingerprint density at radius 2 is 1.82 bits per heavy atom. The number of likely N-dealkylation sites (tertiary alicyclic amines) is 2. The molecule has 3 heterocycles. The molecule has 9 heteroatoms. The fourth-order valence-electron chi connectivity index (χ4n) is 6.60. The summed E-state index contributed by atoms with van der Waals surface area (Å²) < 4.78 is 18.6. The Balaban J connectivity index is 1.06. The van der Waals surface area contributed by atoms with Crippen LogP contribution in [-0.2, 0) is 9.47 Å². The van der Waals surface area contributed by atoms with Crippen molar-refractivity contribution in [1.82, 2.24) is 19.6 Å². The number of nitrogens with two attached hydrogens (primary N) is 1. The highest BCUT2D eigenvalue weighted by atomic mass is 16.6. The maximum atomic E-state index is 12.4. The lowest BCUT2D eigenvalue weighted by Crippen LogP contribution is -2.47. The molecule has 0 unspecified atom stereocenters. The molecule has 5 rings (SSSR count). The fraction of sp³-hybridized carbons (Fsp3) is 0.710. The molecular weight excluding hydrogens is 506 g/mol. The normalized spacial score (nSPS) is 21.2. The summed E-state index contributed by atoms with van der Waals surface area (Å²) in [6, 6.07) is 4.33. The van der Waals surface area contributed by atoms with Gasteiger partial charge >= 0.3 is 6.09 Å². The zero-order valence-electron chi connectivity index (χ0n) is 24.9. The summed E-state index contributed by atoms with van der Waals surface area (Å²) >= 11 is 0. The Bertz CT molecular complexity index is 1130. The molecule has 9 nitrogen and oxygen atoms in total. The molecule has 3 aliphatic rings. The van der Waals surface area contributed by atoms with Crippen molar-refractivity contribution in [3.63, 3.8) is 0 Å². The fourth-order valence-corrected chi connectivity index (χ4v) is 6.60. The Morgan fingerprint density at radius 3 is 2.48 bits per heavy atom. The number of hydrogen-bond acceptors (Lipinski definition) is 7. The molecule has 2 N–H and O–H groups in total. The first-order chi connectivity index (χ1) is 19.1. The van der Waals surface area contributed by atoms with Crippen LogP contribution in [0.15, 0.2) is 18.3 Å². The molecule has 0 atom stereocenters. The molecule has 1 aliphatic carbocycles. The summed E-state index contributed by atoms with van der Waals surface area (Å²) in [6.45, 7) is 11.7. The molecule has 1 aromatic heterocycles. The summed E-state index contributed by atoms with van der Waals surface area (Å²) in [4.78, 5) is 17.0. The quantitative estimate of drug-likeness (QED) is 0.366. The number of carbonyl (C=O) groups excluding carboxylic acids is 1. The third kappa shape index (κ3) is 7.03. The number of ether oxygens (including phenoxy) is 3. The van der Waals surface area contributed by atoms with Gasteiger partial charge in [0.25, 0.3) is 0 Å². The summed E-state index contributed by atoms with van der Waals surface area (Å²) in [6.07, 6.45) is 12.7.